The van der Waals surface area contributed by atoms with Crippen molar-refractivity contribution in [2.24, 2.45) is 0 Å². The van der Waals surface area contributed by atoms with Crippen molar-refractivity contribution in [2.75, 3.05) is 12.0 Å². The van der Waals surface area contributed by atoms with Crippen molar-refractivity contribution in [1.82, 2.24) is 4.98 Å². The number of thiophene rings is 1. The lowest BCUT2D eigenvalue weighted by Crippen LogP contribution is -2.35. The lowest BCUT2D eigenvalue weighted by Gasteiger charge is -2.27. The summed E-state index contributed by atoms with van der Waals surface area (Å²) in [6, 6.07) is 1.80. The summed E-state index contributed by atoms with van der Waals surface area (Å²) >= 11 is 7.28. The predicted molar refractivity (Wildman–Crippen MR) is 139 cm³/mol. The summed E-state index contributed by atoms with van der Waals surface area (Å²) < 4.78 is 25.8. The first kappa shape index (κ1) is 27.3. The molecule has 1 amide bonds. The molecule has 1 fully saturated rings. The second kappa shape index (κ2) is 12.2. The van der Waals surface area contributed by atoms with Crippen molar-refractivity contribution in [2.45, 2.75) is 77.4 Å². The molecule has 2 aromatic heterocycles. The number of amides is 1. The molecule has 0 saturated heterocycles. The molecule has 0 aliphatic heterocycles. The molecular formula is C27H30ClFN2O5S. The molecule has 2 heterocycles. The Morgan fingerprint density at radius 3 is 2.54 bits per heavy atom. The zero-order valence-corrected chi connectivity index (χ0v) is 22.6. The van der Waals surface area contributed by atoms with Crippen LogP contribution in [0.25, 0.3) is 0 Å². The maximum atomic E-state index is 15.4. The average molecular weight is 549 g/mol. The molecule has 198 valence electrons. The standard InChI is InChI=1S/C27H30ClFN2O5S/c1-16-11-12-30-14-17(16)15-31(24-23(28)21(37-25(24)29)13-22(32)35-2)26(33)19-9-5-6-10-20(19)27(34)36-18-7-3-4-8-18/h11-12,14,18H,3-10,13,15H2,1-2H3. The van der Waals surface area contributed by atoms with Gasteiger partial charge in [-0.05, 0) is 75.5 Å². The Kier molecular flexibility index (Phi) is 8.97. The number of carbonyl (C=O) groups is 3. The van der Waals surface area contributed by atoms with E-state index in [0.717, 1.165) is 44.1 Å². The molecule has 0 unspecified atom stereocenters. The van der Waals surface area contributed by atoms with E-state index in [1.165, 1.54) is 12.0 Å². The molecule has 0 radical (unpaired) electrons. The highest BCUT2D eigenvalue weighted by Crippen LogP contribution is 2.41. The summed E-state index contributed by atoms with van der Waals surface area (Å²) in [6.45, 7) is 1.87. The number of hydrogen-bond acceptors (Lipinski definition) is 7. The number of anilines is 1. The highest BCUT2D eigenvalue weighted by molar-refractivity contribution is 7.11. The molecule has 7 nitrogen and oxygen atoms in total. The Bertz CT molecular complexity index is 1220. The lowest BCUT2D eigenvalue weighted by atomic mass is 9.90. The third-order valence-electron chi connectivity index (χ3n) is 6.92. The van der Waals surface area contributed by atoms with E-state index >= 15 is 4.39 Å². The third-order valence-corrected chi connectivity index (χ3v) is 8.41. The van der Waals surface area contributed by atoms with E-state index in [2.05, 4.69) is 4.98 Å². The van der Waals surface area contributed by atoms with Gasteiger partial charge in [0.25, 0.3) is 5.91 Å². The Hall–Kier alpha value is -2.78. The van der Waals surface area contributed by atoms with E-state index in [4.69, 9.17) is 21.1 Å². The topological polar surface area (TPSA) is 85.8 Å². The van der Waals surface area contributed by atoms with Gasteiger partial charge in [-0.3, -0.25) is 19.5 Å². The van der Waals surface area contributed by atoms with Gasteiger partial charge < -0.3 is 9.47 Å². The fourth-order valence-corrected chi connectivity index (χ4v) is 6.13. The van der Waals surface area contributed by atoms with Gasteiger partial charge in [-0.15, -0.1) is 11.3 Å². The van der Waals surface area contributed by atoms with Crippen molar-refractivity contribution < 1.29 is 28.2 Å². The molecule has 2 aliphatic carbocycles. The Balaban J connectivity index is 1.75. The van der Waals surface area contributed by atoms with Gasteiger partial charge in [0, 0.05) is 28.4 Å². The van der Waals surface area contributed by atoms with Crippen LogP contribution in [0.4, 0.5) is 10.1 Å². The van der Waals surface area contributed by atoms with Crippen LogP contribution >= 0.6 is 22.9 Å². The molecule has 1 saturated carbocycles. The summed E-state index contributed by atoms with van der Waals surface area (Å²) in [4.78, 5) is 44.8. The zero-order chi connectivity index (χ0) is 26.5. The highest BCUT2D eigenvalue weighted by atomic mass is 35.5. The minimum Gasteiger partial charge on any atom is -0.469 e. The van der Waals surface area contributed by atoms with Crippen LogP contribution in [0.3, 0.4) is 0 Å². The van der Waals surface area contributed by atoms with E-state index in [1.807, 2.05) is 6.92 Å². The molecule has 10 heteroatoms. The van der Waals surface area contributed by atoms with Gasteiger partial charge in [-0.1, -0.05) is 11.6 Å². The summed E-state index contributed by atoms with van der Waals surface area (Å²) in [7, 11) is 1.24. The third kappa shape index (κ3) is 6.21. The lowest BCUT2D eigenvalue weighted by molar-refractivity contribution is -0.144. The van der Waals surface area contributed by atoms with E-state index in [-0.39, 0.29) is 34.7 Å². The summed E-state index contributed by atoms with van der Waals surface area (Å²) in [6.07, 6.45) is 8.92. The second-order valence-corrected chi connectivity index (χ2v) is 10.8. The van der Waals surface area contributed by atoms with Gasteiger partial charge in [0.15, 0.2) is 0 Å². The molecule has 2 aliphatic rings. The fraction of sp³-hybridized carbons (Fsp3) is 0.481. The predicted octanol–water partition coefficient (Wildman–Crippen LogP) is 5.85. The second-order valence-electron chi connectivity index (χ2n) is 9.38. The maximum absolute atomic E-state index is 15.4. The van der Waals surface area contributed by atoms with Gasteiger partial charge in [0.1, 0.15) is 11.8 Å². The summed E-state index contributed by atoms with van der Waals surface area (Å²) in [5, 5.41) is -0.709. The number of carbonyl (C=O) groups excluding carboxylic acids is 3. The fourth-order valence-electron chi connectivity index (χ4n) is 4.80. The van der Waals surface area contributed by atoms with Crippen LogP contribution < -0.4 is 4.90 Å². The van der Waals surface area contributed by atoms with Crippen molar-refractivity contribution in [3.8, 4) is 0 Å². The molecule has 2 aromatic rings. The number of pyridine rings is 1. The number of hydrogen-bond donors (Lipinski definition) is 0. The molecule has 0 N–H and O–H groups in total. The number of aryl methyl sites for hydroxylation is 1. The smallest absolute Gasteiger partial charge is 0.334 e. The Morgan fingerprint density at radius 2 is 1.86 bits per heavy atom. The van der Waals surface area contributed by atoms with Gasteiger partial charge in [0.2, 0.25) is 5.13 Å². The van der Waals surface area contributed by atoms with Gasteiger partial charge in [-0.2, -0.15) is 4.39 Å². The first-order valence-electron chi connectivity index (χ1n) is 12.5. The summed E-state index contributed by atoms with van der Waals surface area (Å²) in [5.41, 5.74) is 2.15. The number of esters is 2. The van der Waals surface area contributed by atoms with Crippen LogP contribution in [0.2, 0.25) is 5.02 Å². The van der Waals surface area contributed by atoms with Crippen molar-refractivity contribution in [3.63, 3.8) is 0 Å². The number of aromatic nitrogens is 1. The quantitative estimate of drug-likeness (QED) is 0.385. The number of nitrogens with zero attached hydrogens (tertiary/aromatic N) is 2. The largest absolute Gasteiger partial charge is 0.469 e. The van der Waals surface area contributed by atoms with Crippen LogP contribution in [0.5, 0.6) is 0 Å². The molecule has 37 heavy (non-hydrogen) atoms. The van der Waals surface area contributed by atoms with Crippen molar-refractivity contribution in [1.29, 1.82) is 0 Å². The molecule has 4 rings (SSSR count). The van der Waals surface area contributed by atoms with E-state index in [9.17, 15) is 14.4 Å². The van der Waals surface area contributed by atoms with Gasteiger partial charge in [0.05, 0.1) is 25.1 Å². The maximum Gasteiger partial charge on any atom is 0.334 e. The van der Waals surface area contributed by atoms with Crippen LogP contribution in [0.15, 0.2) is 29.6 Å². The molecule has 0 bridgehead atoms. The van der Waals surface area contributed by atoms with Crippen molar-refractivity contribution >= 4 is 46.5 Å². The minimum absolute atomic E-state index is 0.00199. The Labute approximate surface area is 224 Å². The first-order valence-corrected chi connectivity index (χ1v) is 13.7. The van der Waals surface area contributed by atoms with Crippen molar-refractivity contribution in [3.05, 3.63) is 55.8 Å². The van der Waals surface area contributed by atoms with E-state index in [0.29, 0.717) is 40.9 Å². The van der Waals surface area contributed by atoms with Crippen LogP contribution in [-0.2, 0) is 36.8 Å². The molecule has 0 aromatic carbocycles. The Morgan fingerprint density at radius 1 is 1.16 bits per heavy atom. The number of halogens is 2. The van der Waals surface area contributed by atoms with Gasteiger partial charge in [-0.25, -0.2) is 4.79 Å². The SMILES string of the molecule is COC(=O)Cc1sc(F)c(N(Cc2cnccc2C)C(=O)C2=C(C(=O)OC3CCCC3)CCCC2)c1Cl. The van der Waals surface area contributed by atoms with Crippen LogP contribution in [-0.4, -0.2) is 36.0 Å². The van der Waals surface area contributed by atoms with Gasteiger partial charge >= 0.3 is 11.9 Å². The zero-order valence-electron chi connectivity index (χ0n) is 21.0. The first-order chi connectivity index (χ1) is 17.8. The number of methoxy groups -OCH3 is 1. The van der Waals surface area contributed by atoms with E-state index in [1.54, 1.807) is 18.5 Å². The number of rotatable bonds is 8. The highest BCUT2D eigenvalue weighted by Gasteiger charge is 2.34. The summed E-state index contributed by atoms with van der Waals surface area (Å²) in [5.74, 6) is -1.53. The monoisotopic (exact) mass is 548 g/mol. The molecular weight excluding hydrogens is 519 g/mol. The normalized spacial score (nSPS) is 16.1. The average Bonchev–Trinajstić information content (AvgIpc) is 3.50. The number of ether oxygens (including phenoxy) is 2. The molecule has 0 spiro atoms. The molecule has 0 atom stereocenters. The van der Waals surface area contributed by atoms with Crippen LogP contribution in [0.1, 0.15) is 67.4 Å². The van der Waals surface area contributed by atoms with E-state index < -0.39 is 23.0 Å². The van der Waals surface area contributed by atoms with Crippen LogP contribution in [0, 0.1) is 12.1 Å². The minimum atomic E-state index is -0.690.